The van der Waals surface area contributed by atoms with Crippen LogP contribution in [0.15, 0.2) is 42.9 Å². The maximum absolute atomic E-state index is 12.9. The molecule has 3 heterocycles. The Labute approximate surface area is 197 Å². The summed E-state index contributed by atoms with van der Waals surface area (Å²) in [4.78, 5) is 32.3. The van der Waals surface area contributed by atoms with Crippen molar-refractivity contribution in [1.82, 2.24) is 25.3 Å². The van der Waals surface area contributed by atoms with Crippen LogP contribution in [-0.4, -0.2) is 46.0 Å². The highest BCUT2D eigenvalue weighted by Crippen LogP contribution is 2.27. The van der Waals surface area contributed by atoms with Crippen LogP contribution in [0.3, 0.4) is 0 Å². The van der Waals surface area contributed by atoms with Crippen LogP contribution in [0.4, 0.5) is 5.95 Å². The summed E-state index contributed by atoms with van der Waals surface area (Å²) in [5.74, 6) is 1.49. The summed E-state index contributed by atoms with van der Waals surface area (Å²) in [5, 5.41) is 3.28. The average Bonchev–Trinajstić information content (AvgIpc) is 2.87. The van der Waals surface area contributed by atoms with E-state index in [1.165, 1.54) is 12.6 Å². The third-order valence-corrected chi connectivity index (χ3v) is 5.54. The number of halogens is 1. The lowest BCUT2D eigenvalue weighted by Gasteiger charge is -2.27. The Hall–Kier alpha value is -3.46. The van der Waals surface area contributed by atoms with E-state index in [9.17, 15) is 4.79 Å². The maximum Gasteiger partial charge on any atom is 0.258 e. The first-order valence-corrected chi connectivity index (χ1v) is 11.1. The summed E-state index contributed by atoms with van der Waals surface area (Å²) in [6.45, 7) is 2.12. The van der Waals surface area contributed by atoms with Crippen molar-refractivity contribution in [1.29, 1.82) is 0 Å². The van der Waals surface area contributed by atoms with Gasteiger partial charge in [-0.05, 0) is 43.0 Å². The Morgan fingerprint density at radius 2 is 1.94 bits per heavy atom. The minimum atomic E-state index is -0.365. The van der Waals surface area contributed by atoms with Crippen LogP contribution in [0.25, 0.3) is 0 Å². The molecule has 1 aromatic carbocycles. The number of carbonyl (C=O) groups excluding carboxylic acids is 1. The molecule has 1 amide bonds. The molecule has 0 bridgehead atoms. The van der Waals surface area contributed by atoms with Crippen molar-refractivity contribution in [3.63, 3.8) is 0 Å². The van der Waals surface area contributed by atoms with Crippen LogP contribution in [0, 0.1) is 0 Å². The predicted octanol–water partition coefficient (Wildman–Crippen LogP) is 3.43. The Balaban J connectivity index is 1.54. The first-order chi connectivity index (χ1) is 16.1. The fourth-order valence-electron chi connectivity index (χ4n) is 3.50. The van der Waals surface area contributed by atoms with Gasteiger partial charge in [0.05, 0.1) is 18.7 Å². The normalized spacial score (nSPS) is 13.5. The van der Waals surface area contributed by atoms with Gasteiger partial charge in [-0.15, -0.1) is 0 Å². The molecule has 0 aliphatic carbocycles. The summed E-state index contributed by atoms with van der Waals surface area (Å²) < 4.78 is 11.2. The molecule has 0 spiro atoms. The zero-order valence-corrected chi connectivity index (χ0v) is 19.1. The first-order valence-electron chi connectivity index (χ1n) is 10.8. The van der Waals surface area contributed by atoms with Crippen molar-refractivity contribution in [2.45, 2.75) is 32.4 Å². The van der Waals surface area contributed by atoms with E-state index in [1.807, 2.05) is 6.07 Å². The van der Waals surface area contributed by atoms with Crippen molar-refractivity contribution in [2.24, 2.45) is 0 Å². The van der Waals surface area contributed by atoms with E-state index in [-0.39, 0.29) is 30.5 Å². The van der Waals surface area contributed by atoms with E-state index in [2.05, 4.69) is 30.2 Å². The van der Waals surface area contributed by atoms with E-state index in [0.717, 1.165) is 31.5 Å². The number of anilines is 1. The highest BCUT2D eigenvalue weighted by Gasteiger charge is 2.20. The lowest BCUT2D eigenvalue weighted by molar-refractivity contribution is 0.0944. The summed E-state index contributed by atoms with van der Waals surface area (Å²) >= 11 is 6.23. The Kier molecular flexibility index (Phi) is 7.51. The van der Waals surface area contributed by atoms with E-state index in [4.69, 9.17) is 21.1 Å². The van der Waals surface area contributed by atoms with Gasteiger partial charge in [0.15, 0.2) is 0 Å². The number of hydrogen-bond acceptors (Lipinski definition) is 8. The first kappa shape index (κ1) is 22.7. The fourth-order valence-corrected chi connectivity index (χ4v) is 3.78. The molecule has 4 rings (SSSR count). The molecule has 33 heavy (non-hydrogen) atoms. The van der Waals surface area contributed by atoms with Crippen LogP contribution in [-0.2, 0) is 13.2 Å². The van der Waals surface area contributed by atoms with Gasteiger partial charge in [0, 0.05) is 31.7 Å². The molecular formula is C23H25ClN6O3. The third kappa shape index (κ3) is 5.87. The number of nitrogens with one attached hydrogen (secondary N) is 1. The monoisotopic (exact) mass is 468 g/mol. The number of methoxy groups -OCH3 is 1. The van der Waals surface area contributed by atoms with Crippen molar-refractivity contribution in [2.75, 3.05) is 25.1 Å². The lowest BCUT2D eigenvalue weighted by atomic mass is 10.1. The molecule has 1 aliphatic heterocycles. The van der Waals surface area contributed by atoms with Crippen LogP contribution in [0.5, 0.6) is 11.6 Å². The van der Waals surface area contributed by atoms with Crippen molar-refractivity contribution in [3.05, 3.63) is 64.8 Å². The molecule has 1 saturated heterocycles. The van der Waals surface area contributed by atoms with Crippen molar-refractivity contribution >= 4 is 23.5 Å². The SMILES string of the molecule is COc1ccc(COc2nc(N3CCCCC3)ncc2C(=O)NCc2ncccn2)cc1Cl. The molecule has 172 valence electrons. The topological polar surface area (TPSA) is 102 Å². The number of ether oxygens (including phenoxy) is 2. The molecule has 1 fully saturated rings. The van der Waals surface area contributed by atoms with E-state index >= 15 is 0 Å². The Morgan fingerprint density at radius 1 is 1.15 bits per heavy atom. The number of nitrogens with zero attached hydrogens (tertiary/aromatic N) is 5. The second kappa shape index (κ2) is 10.9. The van der Waals surface area contributed by atoms with E-state index < -0.39 is 0 Å². The van der Waals surface area contributed by atoms with Gasteiger partial charge < -0.3 is 19.7 Å². The second-order valence-electron chi connectivity index (χ2n) is 7.54. The van der Waals surface area contributed by atoms with Crippen LogP contribution < -0.4 is 19.7 Å². The molecular weight excluding hydrogens is 444 g/mol. The summed E-state index contributed by atoms with van der Waals surface area (Å²) in [7, 11) is 1.56. The van der Waals surface area contributed by atoms with Crippen molar-refractivity contribution in [3.8, 4) is 11.6 Å². The van der Waals surface area contributed by atoms with Crippen LogP contribution in [0.1, 0.15) is 41.0 Å². The maximum atomic E-state index is 12.9. The number of rotatable bonds is 8. The number of aromatic nitrogens is 4. The summed E-state index contributed by atoms with van der Waals surface area (Å²) in [6.07, 6.45) is 8.13. The highest BCUT2D eigenvalue weighted by molar-refractivity contribution is 6.32. The van der Waals surface area contributed by atoms with Crippen molar-refractivity contribution < 1.29 is 14.3 Å². The molecule has 1 N–H and O–H groups in total. The predicted molar refractivity (Wildman–Crippen MR) is 124 cm³/mol. The Bertz CT molecular complexity index is 1090. The summed E-state index contributed by atoms with van der Waals surface area (Å²) in [6, 6.07) is 7.10. The molecule has 9 nitrogen and oxygen atoms in total. The third-order valence-electron chi connectivity index (χ3n) is 5.24. The van der Waals surface area contributed by atoms with Gasteiger partial charge in [0.1, 0.15) is 23.7 Å². The number of piperidine rings is 1. The van der Waals surface area contributed by atoms with E-state index in [0.29, 0.717) is 22.5 Å². The number of benzene rings is 1. The molecule has 2 aromatic heterocycles. The molecule has 0 saturated carbocycles. The largest absolute Gasteiger partial charge is 0.495 e. The highest BCUT2D eigenvalue weighted by atomic mass is 35.5. The molecule has 3 aromatic rings. The van der Waals surface area contributed by atoms with Gasteiger partial charge in [-0.1, -0.05) is 17.7 Å². The van der Waals surface area contributed by atoms with Gasteiger partial charge in [-0.2, -0.15) is 4.98 Å². The molecule has 0 atom stereocenters. The lowest BCUT2D eigenvalue weighted by Crippen LogP contribution is -2.31. The van der Waals surface area contributed by atoms with Gasteiger partial charge >= 0.3 is 0 Å². The van der Waals surface area contributed by atoms with Gasteiger partial charge in [0.25, 0.3) is 5.91 Å². The Morgan fingerprint density at radius 3 is 2.67 bits per heavy atom. The zero-order valence-electron chi connectivity index (χ0n) is 18.3. The molecule has 0 unspecified atom stereocenters. The molecule has 10 heteroatoms. The number of carbonyl (C=O) groups is 1. The smallest absolute Gasteiger partial charge is 0.258 e. The van der Waals surface area contributed by atoms with Gasteiger partial charge in [-0.25, -0.2) is 15.0 Å². The second-order valence-corrected chi connectivity index (χ2v) is 7.95. The standard InChI is InChI=1S/C23H25ClN6O3/c1-32-19-7-6-16(12-18(19)24)15-33-22-17(21(31)27-14-20-25-8-5-9-26-20)13-28-23(29-22)30-10-3-2-4-11-30/h5-9,12-13H,2-4,10-11,14-15H2,1H3,(H,27,31). The number of hydrogen-bond donors (Lipinski definition) is 1. The van der Waals surface area contributed by atoms with Crippen LogP contribution in [0.2, 0.25) is 5.02 Å². The number of amides is 1. The quantitative estimate of drug-likeness (QED) is 0.536. The average molecular weight is 469 g/mol. The zero-order chi connectivity index (χ0) is 23.0. The molecule has 0 radical (unpaired) electrons. The minimum Gasteiger partial charge on any atom is -0.495 e. The minimum absolute atomic E-state index is 0.182. The fraction of sp³-hybridized carbons (Fsp3) is 0.348. The molecule has 1 aliphatic rings. The van der Waals surface area contributed by atoms with Gasteiger partial charge in [0.2, 0.25) is 11.8 Å². The van der Waals surface area contributed by atoms with Gasteiger partial charge in [-0.3, -0.25) is 4.79 Å². The van der Waals surface area contributed by atoms with E-state index in [1.54, 1.807) is 37.7 Å². The summed E-state index contributed by atoms with van der Waals surface area (Å²) in [5.41, 5.74) is 1.06. The van der Waals surface area contributed by atoms with Crippen LogP contribution >= 0.6 is 11.6 Å².